The van der Waals surface area contributed by atoms with Gasteiger partial charge in [-0.2, -0.15) is 0 Å². The average Bonchev–Trinajstić information content (AvgIpc) is 1.74. The first-order valence-electron chi connectivity index (χ1n) is 41.9. The number of ether oxygens (including phenoxy) is 4. The van der Waals surface area contributed by atoms with Crippen molar-refractivity contribution in [2.75, 3.05) is 26.4 Å². The van der Waals surface area contributed by atoms with Crippen LogP contribution in [0.3, 0.4) is 0 Å². The molecular weight excluding hydrogens is 1330 g/mol. The second kappa shape index (κ2) is 55.7. The number of aliphatic imine (C=N–C) groups is 2. The number of unbranched alkanes of at least 4 members (excludes halogenated alkanes) is 44. The van der Waals surface area contributed by atoms with E-state index in [4.69, 9.17) is 28.9 Å². The van der Waals surface area contributed by atoms with Gasteiger partial charge in [-0.05, 0) is 123 Å². The van der Waals surface area contributed by atoms with Crippen LogP contribution in [0.4, 0.5) is 11.4 Å². The van der Waals surface area contributed by atoms with E-state index in [2.05, 4.69) is 121 Å². The third-order valence-corrected chi connectivity index (χ3v) is 22.8. The molecule has 0 fully saturated rings. The van der Waals surface area contributed by atoms with E-state index < -0.39 is 0 Å². The van der Waals surface area contributed by atoms with Crippen molar-refractivity contribution in [2.24, 2.45) is 9.98 Å². The van der Waals surface area contributed by atoms with Crippen molar-refractivity contribution in [3.8, 4) is 65.3 Å². The van der Waals surface area contributed by atoms with Gasteiger partial charge in [0.05, 0.1) is 37.8 Å². The normalized spacial score (nSPS) is 11.7. The van der Waals surface area contributed by atoms with Crippen LogP contribution in [-0.2, 0) is 0 Å². The number of benzene rings is 4. The molecule has 10 nitrogen and oxygen atoms in total. The molecule has 0 aliphatic rings. The van der Waals surface area contributed by atoms with Gasteiger partial charge in [-0.3, -0.25) is 9.98 Å². The van der Waals surface area contributed by atoms with Crippen LogP contribution in [0.2, 0.25) is 0 Å². The van der Waals surface area contributed by atoms with Crippen LogP contribution < -0.4 is 18.9 Å². The third-order valence-electron chi connectivity index (χ3n) is 19.8. The molecule has 0 amide bonds. The van der Waals surface area contributed by atoms with Gasteiger partial charge < -0.3 is 18.9 Å². The van der Waals surface area contributed by atoms with E-state index in [0.29, 0.717) is 26.4 Å². The summed E-state index contributed by atoms with van der Waals surface area (Å²) in [4.78, 5) is 11.8. The molecule has 0 saturated carbocycles. The van der Waals surface area contributed by atoms with Crippen molar-refractivity contribution in [2.45, 2.75) is 336 Å². The summed E-state index contributed by atoms with van der Waals surface area (Å²) in [6.45, 7) is 11.9. The zero-order chi connectivity index (χ0) is 71.9. The molecule has 7 aromatic rings. The van der Waals surface area contributed by atoms with Crippen LogP contribution in [-0.4, -0.2) is 59.3 Å². The Morgan fingerprint density at radius 3 is 0.728 bits per heavy atom. The van der Waals surface area contributed by atoms with Crippen LogP contribution in [0.15, 0.2) is 107 Å². The number of thiophene rings is 1. The van der Waals surface area contributed by atoms with Crippen LogP contribution in [0, 0.1) is 0 Å². The van der Waals surface area contributed by atoms with Gasteiger partial charge >= 0.3 is 0 Å². The molecule has 0 aliphatic carbocycles. The lowest BCUT2D eigenvalue weighted by atomic mass is 10.1. The zero-order valence-electron chi connectivity index (χ0n) is 64.7. The van der Waals surface area contributed by atoms with Gasteiger partial charge in [-0.15, -0.1) is 31.7 Å². The van der Waals surface area contributed by atoms with Gasteiger partial charge in [0.25, 0.3) is 0 Å². The zero-order valence-corrected chi connectivity index (χ0v) is 67.2. The van der Waals surface area contributed by atoms with Gasteiger partial charge in [-0.25, -0.2) is 0 Å². The first-order valence-corrected chi connectivity index (χ1v) is 44.3. The van der Waals surface area contributed by atoms with Gasteiger partial charge in [0, 0.05) is 44.4 Å². The maximum Gasteiger partial charge on any atom is 0.161 e. The summed E-state index contributed by atoms with van der Waals surface area (Å²) in [7, 11) is 0. The van der Waals surface area contributed by atoms with Crippen LogP contribution >= 0.6 is 34.0 Å². The predicted molar refractivity (Wildman–Crippen MR) is 447 cm³/mol. The molecule has 13 heteroatoms. The molecule has 0 spiro atoms. The highest BCUT2D eigenvalue weighted by Crippen LogP contribution is 2.39. The quantitative estimate of drug-likeness (QED) is 0.0274. The standard InChI is InChI=1S/C90H134N6O4S3/c1-5-9-13-17-21-25-29-33-37-41-45-49-67-97-83-65-57-77(71-85(83)99-69-51-47-43-39-35-31-27-23-19-15-11-7-3)89-95-93-87(102-89)75-53-59-79(60-54-75)91-73-81-63-64-82(101-81)74-92-80-61-55-76(56-62-80)88-94-96-90(103-88)78-58-66-84(98-68-50-46-42-38-34-30-26-22-18-14-10-6-2)86(72-78)100-70-52-48-44-40-36-32-28-24-20-16-12-8-4/h53-66,71-74H,5-52,67-70H2,1-4H3. The van der Waals surface area contributed by atoms with Crippen LogP contribution in [0.5, 0.6) is 23.0 Å². The monoisotopic (exact) mass is 1460 g/mol. The van der Waals surface area contributed by atoms with E-state index in [-0.39, 0.29) is 0 Å². The second-order valence-corrected chi connectivity index (χ2v) is 32.1. The molecule has 3 aromatic heterocycles. The van der Waals surface area contributed by atoms with Crippen molar-refractivity contribution in [1.82, 2.24) is 20.4 Å². The van der Waals surface area contributed by atoms with Crippen molar-refractivity contribution in [3.63, 3.8) is 0 Å². The molecule has 3 heterocycles. The molecule has 4 aromatic carbocycles. The van der Waals surface area contributed by atoms with E-state index >= 15 is 0 Å². The van der Waals surface area contributed by atoms with E-state index in [1.807, 2.05) is 36.7 Å². The minimum absolute atomic E-state index is 0.684. The van der Waals surface area contributed by atoms with E-state index in [1.54, 1.807) is 34.0 Å². The number of aromatic nitrogens is 4. The summed E-state index contributed by atoms with van der Waals surface area (Å²) in [6.07, 6.45) is 67.4. The molecule has 0 aliphatic heterocycles. The topological polar surface area (TPSA) is 113 Å². The van der Waals surface area contributed by atoms with Crippen LogP contribution in [0.1, 0.15) is 346 Å². The number of nitrogens with zero attached hydrogens (tertiary/aromatic N) is 6. The van der Waals surface area contributed by atoms with Gasteiger partial charge in [0.2, 0.25) is 0 Å². The predicted octanol–water partition coefficient (Wildman–Crippen LogP) is 29.9. The summed E-state index contributed by atoms with van der Waals surface area (Å²) >= 11 is 4.84. The Morgan fingerprint density at radius 2 is 0.466 bits per heavy atom. The summed E-state index contributed by atoms with van der Waals surface area (Å²) in [5.74, 6) is 3.25. The number of hydrogen-bond donors (Lipinski definition) is 0. The minimum Gasteiger partial charge on any atom is -0.490 e. The third kappa shape index (κ3) is 36.4. The first kappa shape index (κ1) is 84.5. The van der Waals surface area contributed by atoms with Gasteiger partial charge in [-0.1, -0.05) is 333 Å². The first-order chi connectivity index (χ1) is 51.0. The molecule has 0 atom stereocenters. The Balaban J connectivity index is 0.863. The minimum atomic E-state index is 0.684. The lowest BCUT2D eigenvalue weighted by Crippen LogP contribution is -2.03. The summed E-state index contributed by atoms with van der Waals surface area (Å²) in [5.41, 5.74) is 5.75. The molecule has 0 radical (unpaired) electrons. The fraction of sp³-hybridized carbons (Fsp3) is 0.622. The fourth-order valence-electron chi connectivity index (χ4n) is 13.3. The van der Waals surface area contributed by atoms with E-state index in [9.17, 15) is 0 Å². The number of hydrogen-bond acceptors (Lipinski definition) is 13. The summed E-state index contributed by atoms with van der Waals surface area (Å²) in [6, 6.07) is 33.2. The highest BCUT2D eigenvalue weighted by atomic mass is 32.1. The Hall–Kier alpha value is -5.76. The van der Waals surface area contributed by atoms with E-state index in [1.165, 1.54) is 283 Å². The van der Waals surface area contributed by atoms with E-state index in [0.717, 1.165) is 112 Å². The Kier molecular flexibility index (Phi) is 45.7. The van der Waals surface area contributed by atoms with Crippen molar-refractivity contribution >= 4 is 57.8 Å². The van der Waals surface area contributed by atoms with Gasteiger partial charge in [0.1, 0.15) is 20.0 Å². The van der Waals surface area contributed by atoms with Gasteiger partial charge in [0.15, 0.2) is 23.0 Å². The molecule has 0 N–H and O–H groups in total. The molecule has 0 saturated heterocycles. The highest BCUT2D eigenvalue weighted by Gasteiger charge is 2.17. The Bertz CT molecular complexity index is 3070. The highest BCUT2D eigenvalue weighted by molar-refractivity contribution is 7.18. The smallest absolute Gasteiger partial charge is 0.161 e. The molecule has 0 unspecified atom stereocenters. The lowest BCUT2D eigenvalue weighted by Gasteiger charge is -2.14. The maximum absolute atomic E-state index is 6.53. The molecule has 103 heavy (non-hydrogen) atoms. The second-order valence-electron chi connectivity index (χ2n) is 28.9. The maximum atomic E-state index is 6.53. The fourth-order valence-corrected chi connectivity index (χ4v) is 15.8. The lowest BCUT2D eigenvalue weighted by molar-refractivity contribution is 0.258. The molecule has 566 valence electrons. The van der Waals surface area contributed by atoms with Crippen LogP contribution in [0.25, 0.3) is 42.3 Å². The summed E-state index contributed by atoms with van der Waals surface area (Å²) in [5, 5.41) is 22.1. The average molecular weight is 1460 g/mol. The molecule has 0 bridgehead atoms. The number of rotatable bonds is 64. The van der Waals surface area contributed by atoms with Crippen molar-refractivity contribution in [1.29, 1.82) is 0 Å². The molecular formula is C90H134N6O4S3. The largest absolute Gasteiger partial charge is 0.490 e. The van der Waals surface area contributed by atoms with Crippen molar-refractivity contribution in [3.05, 3.63) is 107 Å². The summed E-state index contributed by atoms with van der Waals surface area (Å²) < 4.78 is 25.9. The van der Waals surface area contributed by atoms with Crippen molar-refractivity contribution < 1.29 is 18.9 Å². The Labute approximate surface area is 637 Å². The Morgan fingerprint density at radius 1 is 0.243 bits per heavy atom. The SMILES string of the molecule is CCCCCCCCCCCCCCOc1ccc(-c2nnc(-c3ccc(N=Cc4ccc(C=Nc5ccc(-c6nnc(-c7ccc(OCCCCCCCCCCCCCC)c(OCCCCCCCCCCCCCC)c7)s6)cc5)s4)cc3)s2)cc1OCCCCCCCCCCCCCC. The molecule has 7 rings (SSSR count).